The molecule has 2 aromatic rings. The van der Waals surface area contributed by atoms with Crippen molar-refractivity contribution in [2.24, 2.45) is 0 Å². The van der Waals surface area contributed by atoms with E-state index < -0.39 is 18.1 Å². The topological polar surface area (TPSA) is 95.1 Å². The molecule has 3 amide bonds. The van der Waals surface area contributed by atoms with E-state index in [-0.39, 0.29) is 24.8 Å². The minimum atomic E-state index is -0.767. The summed E-state index contributed by atoms with van der Waals surface area (Å²) in [6, 6.07) is 8.11. The predicted molar refractivity (Wildman–Crippen MR) is 125 cm³/mol. The molecule has 0 spiro atoms. The number of nitrogens with zero attached hydrogens (tertiary/aromatic N) is 4. The highest BCUT2D eigenvalue weighted by Gasteiger charge is 2.33. The van der Waals surface area contributed by atoms with E-state index in [1.54, 1.807) is 36.2 Å². The van der Waals surface area contributed by atoms with Crippen molar-refractivity contribution in [1.82, 2.24) is 15.2 Å². The second-order valence-corrected chi connectivity index (χ2v) is 7.99. The molecule has 4 rings (SSSR count). The number of aromatic nitrogens is 1. The summed E-state index contributed by atoms with van der Waals surface area (Å²) in [4.78, 5) is 45.0. The third-order valence-corrected chi connectivity index (χ3v) is 5.87. The van der Waals surface area contributed by atoms with Crippen LogP contribution < -0.4 is 15.1 Å². The number of hydrogen-bond donors (Lipinski definition) is 1. The number of amides is 3. The molecular formula is C24H26FN5O4. The van der Waals surface area contributed by atoms with Gasteiger partial charge >= 0.3 is 6.09 Å². The quantitative estimate of drug-likeness (QED) is 0.656. The number of hydrogen-bond acceptors (Lipinski definition) is 6. The number of cyclic esters (lactones) is 1. The Bertz CT molecular complexity index is 1100. The number of nitrogens with one attached hydrogen (secondary N) is 1. The van der Waals surface area contributed by atoms with Gasteiger partial charge in [-0.3, -0.25) is 14.5 Å². The molecule has 0 radical (unpaired) electrons. The van der Waals surface area contributed by atoms with Crippen molar-refractivity contribution in [3.8, 4) is 11.1 Å². The minimum Gasteiger partial charge on any atom is -0.423 e. The number of halogens is 1. The van der Waals surface area contributed by atoms with Gasteiger partial charge in [0.05, 0.1) is 12.2 Å². The summed E-state index contributed by atoms with van der Waals surface area (Å²) < 4.78 is 20.1. The maximum absolute atomic E-state index is 15.0. The summed E-state index contributed by atoms with van der Waals surface area (Å²) in [7, 11) is 0. The Hall–Kier alpha value is -3.95. The molecule has 0 bridgehead atoms. The van der Waals surface area contributed by atoms with Crippen LogP contribution in [0.5, 0.6) is 0 Å². The number of pyridine rings is 1. The van der Waals surface area contributed by atoms with Gasteiger partial charge in [-0.1, -0.05) is 13.5 Å². The minimum absolute atomic E-state index is 0.0784. The zero-order valence-corrected chi connectivity index (χ0v) is 18.9. The van der Waals surface area contributed by atoms with E-state index in [1.165, 1.54) is 17.0 Å². The lowest BCUT2D eigenvalue weighted by Gasteiger charge is -2.34. The molecule has 10 heteroatoms. The number of rotatable bonds is 6. The van der Waals surface area contributed by atoms with Crippen LogP contribution >= 0.6 is 0 Å². The predicted octanol–water partition coefficient (Wildman–Crippen LogP) is 2.53. The first kappa shape index (κ1) is 23.2. The number of piperazine rings is 1. The van der Waals surface area contributed by atoms with E-state index in [2.05, 4.69) is 21.8 Å². The zero-order chi connectivity index (χ0) is 24.2. The van der Waals surface area contributed by atoms with E-state index in [9.17, 15) is 18.8 Å². The molecule has 34 heavy (non-hydrogen) atoms. The van der Waals surface area contributed by atoms with Gasteiger partial charge in [-0.15, -0.1) is 0 Å². The third kappa shape index (κ3) is 4.85. The Morgan fingerprint density at radius 2 is 2.00 bits per heavy atom. The molecule has 1 aromatic heterocycles. The van der Waals surface area contributed by atoms with Gasteiger partial charge in [-0.2, -0.15) is 0 Å². The molecule has 0 aliphatic carbocycles. The molecule has 1 unspecified atom stereocenters. The first-order chi connectivity index (χ1) is 16.4. The SMILES string of the molecule is C=CC(=O)N1CCN(c2ccc(-c3ccc(N4CC(NC(=O)CC)OC4=O)cc3F)cn2)CC1. The number of carbonyl (C=O) groups is 3. The van der Waals surface area contributed by atoms with E-state index in [1.807, 2.05) is 6.07 Å². The molecule has 178 valence electrons. The van der Waals surface area contributed by atoms with E-state index in [0.717, 1.165) is 5.82 Å². The van der Waals surface area contributed by atoms with Crippen molar-refractivity contribution < 1.29 is 23.5 Å². The molecule has 1 N–H and O–H groups in total. The monoisotopic (exact) mass is 467 g/mol. The van der Waals surface area contributed by atoms with Crippen LogP contribution in [0, 0.1) is 5.82 Å². The lowest BCUT2D eigenvalue weighted by atomic mass is 10.1. The highest BCUT2D eigenvalue weighted by Crippen LogP contribution is 2.29. The summed E-state index contributed by atoms with van der Waals surface area (Å²) in [5.74, 6) is -0.0570. The summed E-state index contributed by atoms with van der Waals surface area (Å²) in [5.41, 5.74) is 1.30. The van der Waals surface area contributed by atoms with Crippen LogP contribution in [0.15, 0.2) is 49.2 Å². The molecule has 0 saturated carbocycles. The van der Waals surface area contributed by atoms with Gasteiger partial charge in [-0.25, -0.2) is 14.2 Å². The van der Waals surface area contributed by atoms with Crippen LogP contribution in [0.1, 0.15) is 13.3 Å². The van der Waals surface area contributed by atoms with Gasteiger partial charge < -0.3 is 19.9 Å². The molecule has 1 aromatic carbocycles. The van der Waals surface area contributed by atoms with Crippen molar-refractivity contribution in [2.75, 3.05) is 42.5 Å². The molecule has 2 aliphatic heterocycles. The van der Waals surface area contributed by atoms with Crippen molar-refractivity contribution in [2.45, 2.75) is 19.6 Å². The Morgan fingerprint density at radius 1 is 1.24 bits per heavy atom. The lowest BCUT2D eigenvalue weighted by Crippen LogP contribution is -2.48. The van der Waals surface area contributed by atoms with Gasteiger partial charge in [0, 0.05) is 49.9 Å². The Kier molecular flexibility index (Phi) is 6.76. The number of ether oxygens (including phenoxy) is 1. The van der Waals surface area contributed by atoms with Crippen LogP contribution in [0.3, 0.4) is 0 Å². The van der Waals surface area contributed by atoms with Crippen molar-refractivity contribution in [3.63, 3.8) is 0 Å². The second kappa shape index (κ2) is 9.90. The molecule has 2 aliphatic rings. The number of benzene rings is 1. The Balaban J connectivity index is 1.42. The molecule has 1 atom stereocenters. The smallest absolute Gasteiger partial charge is 0.416 e. The van der Waals surface area contributed by atoms with Crippen LogP contribution in [0.2, 0.25) is 0 Å². The third-order valence-electron chi connectivity index (χ3n) is 5.87. The summed E-state index contributed by atoms with van der Waals surface area (Å²) in [5, 5.41) is 2.60. The first-order valence-corrected chi connectivity index (χ1v) is 11.1. The summed E-state index contributed by atoms with van der Waals surface area (Å²) in [6.07, 6.45) is 1.79. The van der Waals surface area contributed by atoms with Gasteiger partial charge in [0.25, 0.3) is 0 Å². The standard InChI is InChI=1S/C24H26FN5O4/c1-3-21(31)27-22-15-30(24(33)34-22)17-6-7-18(19(25)13-17)16-5-8-20(26-14-16)28-9-11-29(12-10-28)23(32)4-2/h4-8,13-14,22H,2-3,9-12,15H2,1H3,(H,27,31). The maximum atomic E-state index is 15.0. The van der Waals surface area contributed by atoms with Gasteiger partial charge in [0.2, 0.25) is 11.8 Å². The van der Waals surface area contributed by atoms with Gasteiger partial charge in [0.1, 0.15) is 11.6 Å². The molecule has 9 nitrogen and oxygen atoms in total. The van der Waals surface area contributed by atoms with Gasteiger partial charge in [0.15, 0.2) is 6.23 Å². The Morgan fingerprint density at radius 3 is 2.62 bits per heavy atom. The summed E-state index contributed by atoms with van der Waals surface area (Å²) >= 11 is 0. The fourth-order valence-corrected chi connectivity index (χ4v) is 3.95. The van der Waals surface area contributed by atoms with E-state index in [0.29, 0.717) is 43.0 Å². The van der Waals surface area contributed by atoms with Crippen molar-refractivity contribution in [3.05, 3.63) is 55.0 Å². The highest BCUT2D eigenvalue weighted by molar-refractivity contribution is 5.91. The lowest BCUT2D eigenvalue weighted by molar-refractivity contribution is -0.126. The van der Waals surface area contributed by atoms with Crippen molar-refractivity contribution >= 4 is 29.4 Å². The normalized spacial score (nSPS) is 18.0. The molecular weight excluding hydrogens is 441 g/mol. The largest absolute Gasteiger partial charge is 0.423 e. The Labute approximate surface area is 196 Å². The maximum Gasteiger partial charge on any atom is 0.416 e. The fourth-order valence-electron chi connectivity index (χ4n) is 3.95. The van der Waals surface area contributed by atoms with Crippen LogP contribution in [-0.2, 0) is 14.3 Å². The zero-order valence-electron chi connectivity index (χ0n) is 18.9. The molecule has 2 fully saturated rings. The average molecular weight is 468 g/mol. The van der Waals surface area contributed by atoms with Crippen LogP contribution in [-0.4, -0.2) is 66.7 Å². The van der Waals surface area contributed by atoms with E-state index >= 15 is 0 Å². The first-order valence-electron chi connectivity index (χ1n) is 11.1. The average Bonchev–Trinajstić information content (AvgIpc) is 3.23. The summed E-state index contributed by atoms with van der Waals surface area (Å²) in [6.45, 7) is 7.81. The fraction of sp³-hybridized carbons (Fsp3) is 0.333. The van der Waals surface area contributed by atoms with Crippen LogP contribution in [0.4, 0.5) is 20.7 Å². The number of anilines is 2. The van der Waals surface area contributed by atoms with E-state index in [4.69, 9.17) is 4.74 Å². The van der Waals surface area contributed by atoms with Crippen LogP contribution in [0.25, 0.3) is 11.1 Å². The van der Waals surface area contributed by atoms with Gasteiger partial charge in [-0.05, 0) is 36.4 Å². The second-order valence-electron chi connectivity index (χ2n) is 7.99. The molecule has 2 saturated heterocycles. The number of carbonyl (C=O) groups excluding carboxylic acids is 3. The highest BCUT2D eigenvalue weighted by atomic mass is 19.1. The molecule has 3 heterocycles. The van der Waals surface area contributed by atoms with Crippen molar-refractivity contribution in [1.29, 1.82) is 0 Å².